The molecule has 16 heavy (non-hydrogen) atoms. The van der Waals surface area contributed by atoms with Gasteiger partial charge in [0.15, 0.2) is 6.29 Å². The first kappa shape index (κ1) is 10.9. The molecule has 84 valence electrons. The van der Waals surface area contributed by atoms with Crippen LogP contribution >= 0.6 is 0 Å². The topological polar surface area (TPSA) is 42.2 Å². The maximum atomic E-state index is 11.1. The molecule has 0 aliphatic heterocycles. The zero-order chi connectivity index (χ0) is 11.5. The van der Waals surface area contributed by atoms with E-state index in [4.69, 9.17) is 5.11 Å². The summed E-state index contributed by atoms with van der Waals surface area (Å²) in [5.74, 6) is 0. The molecule has 0 aliphatic rings. The third kappa shape index (κ3) is 1.63. The number of carbonyl (C=O) groups excluding carboxylic acids is 1. The standard InChI is InChI=1S/C13H15NO2/c1-10-12(9-16)11-5-2-3-6-13(11)14(10)7-4-8-15/h2-3,5-6,9,15H,4,7-8H2,1H3. The molecule has 0 bridgehead atoms. The summed E-state index contributed by atoms with van der Waals surface area (Å²) < 4.78 is 2.09. The first-order valence-corrected chi connectivity index (χ1v) is 5.43. The molecule has 2 aromatic rings. The fourth-order valence-corrected chi connectivity index (χ4v) is 2.12. The summed E-state index contributed by atoms with van der Waals surface area (Å²) in [5.41, 5.74) is 2.80. The summed E-state index contributed by atoms with van der Waals surface area (Å²) in [6.07, 6.45) is 1.62. The molecule has 0 radical (unpaired) electrons. The Morgan fingerprint density at radius 2 is 2.12 bits per heavy atom. The van der Waals surface area contributed by atoms with Gasteiger partial charge in [-0.2, -0.15) is 0 Å². The van der Waals surface area contributed by atoms with E-state index in [1.165, 1.54) is 0 Å². The van der Waals surface area contributed by atoms with Gasteiger partial charge >= 0.3 is 0 Å². The summed E-state index contributed by atoms with van der Waals surface area (Å²) in [7, 11) is 0. The van der Waals surface area contributed by atoms with Gasteiger partial charge in [0.05, 0.1) is 0 Å². The lowest BCUT2D eigenvalue weighted by molar-refractivity contribution is 0.112. The van der Waals surface area contributed by atoms with Crippen LogP contribution in [0.3, 0.4) is 0 Å². The third-order valence-corrected chi connectivity index (χ3v) is 2.94. The molecule has 1 heterocycles. The zero-order valence-corrected chi connectivity index (χ0v) is 9.31. The normalized spacial score (nSPS) is 10.9. The van der Waals surface area contributed by atoms with Crippen LogP contribution in [0.5, 0.6) is 0 Å². The lowest BCUT2D eigenvalue weighted by Crippen LogP contribution is -2.02. The van der Waals surface area contributed by atoms with Crippen molar-refractivity contribution in [2.45, 2.75) is 19.9 Å². The highest BCUT2D eigenvalue weighted by atomic mass is 16.3. The molecule has 0 aliphatic carbocycles. The maximum Gasteiger partial charge on any atom is 0.152 e. The highest BCUT2D eigenvalue weighted by Gasteiger charge is 2.11. The second-order valence-electron chi connectivity index (χ2n) is 3.86. The van der Waals surface area contributed by atoms with Gasteiger partial charge in [-0.3, -0.25) is 4.79 Å². The number of nitrogens with zero attached hydrogens (tertiary/aromatic N) is 1. The molecule has 0 unspecified atom stereocenters. The smallest absolute Gasteiger partial charge is 0.152 e. The van der Waals surface area contributed by atoms with Crippen LogP contribution in [0.2, 0.25) is 0 Å². The minimum atomic E-state index is 0.169. The van der Waals surface area contributed by atoms with Crippen molar-refractivity contribution in [1.82, 2.24) is 4.57 Å². The minimum Gasteiger partial charge on any atom is -0.396 e. The minimum absolute atomic E-state index is 0.169. The van der Waals surface area contributed by atoms with E-state index in [2.05, 4.69) is 4.57 Å². The number of hydrogen-bond acceptors (Lipinski definition) is 2. The second kappa shape index (κ2) is 4.49. The van der Waals surface area contributed by atoms with Crippen molar-refractivity contribution in [3.05, 3.63) is 35.5 Å². The molecular formula is C13H15NO2. The molecule has 0 saturated carbocycles. The summed E-state index contributed by atoms with van der Waals surface area (Å²) in [6.45, 7) is 2.86. The fourth-order valence-electron chi connectivity index (χ4n) is 2.12. The Kier molecular flexibility index (Phi) is 3.06. The monoisotopic (exact) mass is 217 g/mol. The van der Waals surface area contributed by atoms with Crippen molar-refractivity contribution < 1.29 is 9.90 Å². The number of benzene rings is 1. The molecule has 0 amide bonds. The van der Waals surface area contributed by atoms with E-state index in [1.807, 2.05) is 31.2 Å². The molecule has 1 N–H and O–H groups in total. The Morgan fingerprint density at radius 3 is 2.81 bits per heavy atom. The van der Waals surface area contributed by atoms with Crippen LogP contribution in [-0.2, 0) is 6.54 Å². The Bertz CT molecular complexity index is 514. The van der Waals surface area contributed by atoms with E-state index in [1.54, 1.807) is 0 Å². The van der Waals surface area contributed by atoms with E-state index in [9.17, 15) is 4.79 Å². The van der Waals surface area contributed by atoms with Gasteiger partial charge in [0.1, 0.15) is 0 Å². The zero-order valence-electron chi connectivity index (χ0n) is 9.31. The highest BCUT2D eigenvalue weighted by molar-refractivity contribution is 5.99. The number of aliphatic hydroxyl groups is 1. The molecular weight excluding hydrogens is 202 g/mol. The Hall–Kier alpha value is -1.61. The van der Waals surface area contributed by atoms with Gasteiger partial charge in [-0.1, -0.05) is 18.2 Å². The van der Waals surface area contributed by atoms with Crippen molar-refractivity contribution in [2.24, 2.45) is 0 Å². The molecule has 1 aromatic heterocycles. The maximum absolute atomic E-state index is 11.1. The van der Waals surface area contributed by atoms with E-state index in [-0.39, 0.29) is 6.61 Å². The van der Waals surface area contributed by atoms with Crippen molar-refractivity contribution >= 4 is 17.2 Å². The van der Waals surface area contributed by atoms with Gasteiger partial charge in [0.25, 0.3) is 0 Å². The predicted molar refractivity (Wildman–Crippen MR) is 63.8 cm³/mol. The second-order valence-corrected chi connectivity index (χ2v) is 3.86. The summed E-state index contributed by atoms with van der Waals surface area (Å²) in [5, 5.41) is 9.87. The molecule has 3 nitrogen and oxygen atoms in total. The quantitative estimate of drug-likeness (QED) is 0.797. The van der Waals surface area contributed by atoms with Crippen LogP contribution < -0.4 is 0 Å². The van der Waals surface area contributed by atoms with Gasteiger partial charge in [-0.15, -0.1) is 0 Å². The van der Waals surface area contributed by atoms with E-state index < -0.39 is 0 Å². The van der Waals surface area contributed by atoms with E-state index in [0.29, 0.717) is 6.42 Å². The van der Waals surface area contributed by atoms with Crippen molar-refractivity contribution in [1.29, 1.82) is 0 Å². The van der Waals surface area contributed by atoms with Crippen LogP contribution in [0, 0.1) is 6.92 Å². The number of carbonyl (C=O) groups is 1. The summed E-state index contributed by atoms with van der Waals surface area (Å²) in [4.78, 5) is 11.1. The number of rotatable bonds is 4. The summed E-state index contributed by atoms with van der Waals surface area (Å²) in [6, 6.07) is 7.87. The molecule has 3 heteroatoms. The number of aryl methyl sites for hydroxylation is 1. The molecule has 0 saturated heterocycles. The lowest BCUT2D eigenvalue weighted by atomic mass is 10.1. The van der Waals surface area contributed by atoms with Crippen LogP contribution in [0.4, 0.5) is 0 Å². The number of fused-ring (bicyclic) bond motifs is 1. The van der Waals surface area contributed by atoms with Crippen LogP contribution in [0.25, 0.3) is 10.9 Å². The third-order valence-electron chi connectivity index (χ3n) is 2.94. The number of aldehydes is 1. The van der Waals surface area contributed by atoms with Gasteiger partial charge in [0, 0.05) is 35.3 Å². The average Bonchev–Trinajstić information content (AvgIpc) is 2.58. The number of hydrogen-bond donors (Lipinski definition) is 1. The first-order chi connectivity index (χ1) is 7.79. The van der Waals surface area contributed by atoms with Gasteiger partial charge in [-0.25, -0.2) is 0 Å². The van der Waals surface area contributed by atoms with Gasteiger partial charge < -0.3 is 9.67 Å². The summed E-state index contributed by atoms with van der Waals surface area (Å²) >= 11 is 0. The van der Waals surface area contributed by atoms with Crippen LogP contribution in [0.1, 0.15) is 22.5 Å². The Labute approximate surface area is 94.3 Å². The molecule has 0 fully saturated rings. The Morgan fingerprint density at radius 1 is 1.38 bits per heavy atom. The van der Waals surface area contributed by atoms with E-state index in [0.717, 1.165) is 35.0 Å². The van der Waals surface area contributed by atoms with E-state index >= 15 is 0 Å². The highest BCUT2D eigenvalue weighted by Crippen LogP contribution is 2.24. The van der Waals surface area contributed by atoms with Crippen LogP contribution in [0.15, 0.2) is 24.3 Å². The Balaban J connectivity index is 2.62. The molecule has 0 spiro atoms. The number of aliphatic hydroxyl groups excluding tert-OH is 1. The largest absolute Gasteiger partial charge is 0.396 e. The van der Waals surface area contributed by atoms with Crippen molar-refractivity contribution in [3.63, 3.8) is 0 Å². The molecule has 2 rings (SSSR count). The van der Waals surface area contributed by atoms with Gasteiger partial charge in [0.2, 0.25) is 0 Å². The fraction of sp³-hybridized carbons (Fsp3) is 0.308. The molecule has 1 aromatic carbocycles. The van der Waals surface area contributed by atoms with Crippen LogP contribution in [-0.4, -0.2) is 22.6 Å². The van der Waals surface area contributed by atoms with Crippen molar-refractivity contribution in [2.75, 3.05) is 6.61 Å². The number of para-hydroxylation sites is 1. The van der Waals surface area contributed by atoms with Gasteiger partial charge in [-0.05, 0) is 19.4 Å². The number of aromatic nitrogens is 1. The predicted octanol–water partition coefficient (Wildman–Crippen LogP) is 2.14. The lowest BCUT2D eigenvalue weighted by Gasteiger charge is -2.06. The van der Waals surface area contributed by atoms with Crippen molar-refractivity contribution in [3.8, 4) is 0 Å². The average molecular weight is 217 g/mol. The first-order valence-electron chi connectivity index (χ1n) is 5.43. The SMILES string of the molecule is Cc1c(C=O)c2ccccc2n1CCCO. The molecule has 0 atom stereocenters.